The van der Waals surface area contributed by atoms with Gasteiger partial charge in [0.25, 0.3) is 0 Å². The molecule has 1 aromatic carbocycles. The molecule has 3 N–H and O–H groups in total. The zero-order valence-corrected chi connectivity index (χ0v) is 9.55. The number of hydrogen-bond donors (Lipinski definition) is 2. The van der Waals surface area contributed by atoms with E-state index in [2.05, 4.69) is 0 Å². The van der Waals surface area contributed by atoms with Crippen molar-refractivity contribution in [2.45, 2.75) is 19.3 Å². The predicted molar refractivity (Wildman–Crippen MR) is 62.5 cm³/mol. The maximum Gasteiger partial charge on any atom is 0.313 e. The lowest BCUT2D eigenvalue weighted by Gasteiger charge is -2.14. The van der Waals surface area contributed by atoms with E-state index in [1.165, 1.54) is 0 Å². The molecule has 17 heavy (non-hydrogen) atoms. The highest BCUT2D eigenvalue weighted by molar-refractivity contribution is 5.83. The van der Waals surface area contributed by atoms with Crippen molar-refractivity contribution in [2.75, 3.05) is 12.3 Å². The number of hydrogen-bond acceptors (Lipinski definition) is 4. The minimum atomic E-state index is -1.04. The number of carbonyl (C=O) groups is 2. The summed E-state index contributed by atoms with van der Waals surface area (Å²) in [5.74, 6) is -2.35. The third-order valence-electron chi connectivity index (χ3n) is 2.29. The van der Waals surface area contributed by atoms with E-state index in [9.17, 15) is 9.59 Å². The fourth-order valence-corrected chi connectivity index (χ4v) is 1.48. The highest BCUT2D eigenvalue weighted by Crippen LogP contribution is 2.22. The summed E-state index contributed by atoms with van der Waals surface area (Å²) in [6, 6.07) is 6.53. The van der Waals surface area contributed by atoms with Gasteiger partial charge in [0, 0.05) is 5.69 Å². The van der Waals surface area contributed by atoms with Gasteiger partial charge in [-0.2, -0.15) is 0 Å². The summed E-state index contributed by atoms with van der Waals surface area (Å²) >= 11 is 0. The Labute approximate surface area is 99.2 Å². The summed E-state index contributed by atoms with van der Waals surface area (Å²) in [5.41, 5.74) is 6.69. The Kier molecular flexibility index (Phi) is 4.51. The zero-order valence-electron chi connectivity index (χ0n) is 9.55. The van der Waals surface area contributed by atoms with Gasteiger partial charge in [-0.15, -0.1) is 0 Å². The summed E-state index contributed by atoms with van der Waals surface area (Å²) in [6.07, 6.45) is -0.289. The standard InChI is InChI=1S/C12H15NO4/c1-2-17-12(16)10(7-11(14)15)8-3-5-9(13)6-4-8/h3-6,10H,2,7,13H2,1H3,(H,14,15). The van der Waals surface area contributed by atoms with Crippen LogP contribution < -0.4 is 5.73 Å². The van der Waals surface area contributed by atoms with Crippen LogP contribution in [0.1, 0.15) is 24.8 Å². The topological polar surface area (TPSA) is 89.6 Å². The highest BCUT2D eigenvalue weighted by Gasteiger charge is 2.24. The molecule has 0 aliphatic heterocycles. The summed E-state index contributed by atoms with van der Waals surface area (Å²) in [6.45, 7) is 1.91. The number of rotatable bonds is 5. The Morgan fingerprint density at radius 1 is 1.35 bits per heavy atom. The van der Waals surface area contributed by atoms with E-state index in [1.807, 2.05) is 0 Å². The molecule has 0 spiro atoms. The minimum Gasteiger partial charge on any atom is -0.481 e. The van der Waals surface area contributed by atoms with Crippen LogP contribution in [-0.4, -0.2) is 23.7 Å². The molecule has 0 radical (unpaired) electrons. The van der Waals surface area contributed by atoms with Gasteiger partial charge in [-0.1, -0.05) is 12.1 Å². The molecule has 1 aromatic rings. The van der Waals surface area contributed by atoms with Crippen LogP contribution in [0, 0.1) is 0 Å². The lowest BCUT2D eigenvalue weighted by atomic mass is 9.95. The van der Waals surface area contributed by atoms with Gasteiger partial charge in [-0.05, 0) is 24.6 Å². The van der Waals surface area contributed by atoms with E-state index in [0.29, 0.717) is 11.3 Å². The third-order valence-corrected chi connectivity index (χ3v) is 2.29. The van der Waals surface area contributed by atoms with Crippen LogP contribution in [0.5, 0.6) is 0 Å². The minimum absolute atomic E-state index is 0.226. The Morgan fingerprint density at radius 2 is 1.94 bits per heavy atom. The molecule has 1 rings (SSSR count). The van der Waals surface area contributed by atoms with E-state index >= 15 is 0 Å². The normalized spacial score (nSPS) is 11.8. The maximum atomic E-state index is 11.6. The van der Waals surface area contributed by atoms with Crippen LogP contribution >= 0.6 is 0 Å². The monoisotopic (exact) mass is 237 g/mol. The number of ether oxygens (including phenoxy) is 1. The average Bonchev–Trinajstić information content (AvgIpc) is 2.27. The van der Waals surface area contributed by atoms with Gasteiger partial charge >= 0.3 is 11.9 Å². The van der Waals surface area contributed by atoms with Gasteiger partial charge in [-0.25, -0.2) is 0 Å². The van der Waals surface area contributed by atoms with Crippen molar-refractivity contribution >= 4 is 17.6 Å². The van der Waals surface area contributed by atoms with Crippen molar-refractivity contribution in [1.29, 1.82) is 0 Å². The Bertz CT molecular complexity index is 399. The molecular formula is C12H15NO4. The Balaban J connectivity index is 2.92. The van der Waals surface area contributed by atoms with Crippen molar-refractivity contribution in [3.05, 3.63) is 29.8 Å². The van der Waals surface area contributed by atoms with Gasteiger partial charge < -0.3 is 15.6 Å². The fourth-order valence-electron chi connectivity index (χ4n) is 1.48. The zero-order chi connectivity index (χ0) is 12.8. The molecule has 0 bridgehead atoms. The Morgan fingerprint density at radius 3 is 2.41 bits per heavy atom. The average molecular weight is 237 g/mol. The number of carboxylic acid groups (broad SMARTS) is 1. The van der Waals surface area contributed by atoms with E-state index in [-0.39, 0.29) is 13.0 Å². The SMILES string of the molecule is CCOC(=O)C(CC(=O)O)c1ccc(N)cc1. The maximum absolute atomic E-state index is 11.6. The summed E-state index contributed by atoms with van der Waals surface area (Å²) in [7, 11) is 0. The van der Waals surface area contributed by atoms with Crippen LogP contribution in [0.25, 0.3) is 0 Å². The molecule has 1 atom stereocenters. The number of esters is 1. The number of nitrogens with two attached hydrogens (primary N) is 1. The van der Waals surface area contributed by atoms with Crippen molar-refractivity contribution in [1.82, 2.24) is 0 Å². The molecule has 92 valence electrons. The van der Waals surface area contributed by atoms with E-state index in [4.69, 9.17) is 15.6 Å². The quantitative estimate of drug-likeness (QED) is 0.596. The molecule has 0 aliphatic rings. The van der Waals surface area contributed by atoms with Gasteiger partial charge in [-0.3, -0.25) is 9.59 Å². The second-order valence-electron chi connectivity index (χ2n) is 3.57. The van der Waals surface area contributed by atoms with Gasteiger partial charge in [0.1, 0.15) is 0 Å². The largest absolute Gasteiger partial charge is 0.481 e. The van der Waals surface area contributed by atoms with E-state index in [0.717, 1.165) is 0 Å². The summed E-state index contributed by atoms with van der Waals surface area (Å²) < 4.78 is 4.86. The first-order chi connectivity index (χ1) is 8.04. The van der Waals surface area contributed by atoms with Crippen LogP contribution in [-0.2, 0) is 14.3 Å². The molecular weight excluding hydrogens is 222 g/mol. The number of aliphatic carboxylic acids is 1. The Hall–Kier alpha value is -2.04. The molecule has 0 saturated carbocycles. The van der Waals surface area contributed by atoms with Crippen LogP contribution in [0.3, 0.4) is 0 Å². The van der Waals surface area contributed by atoms with Crippen molar-refractivity contribution < 1.29 is 19.4 Å². The molecule has 0 aliphatic carbocycles. The van der Waals surface area contributed by atoms with Gasteiger partial charge in [0.15, 0.2) is 0 Å². The predicted octanol–water partition coefficient (Wildman–Crippen LogP) is 1.39. The molecule has 0 amide bonds. The molecule has 0 fully saturated rings. The van der Waals surface area contributed by atoms with Crippen molar-refractivity contribution in [3.63, 3.8) is 0 Å². The third kappa shape index (κ3) is 3.79. The lowest BCUT2D eigenvalue weighted by Crippen LogP contribution is -2.19. The molecule has 5 nitrogen and oxygen atoms in total. The van der Waals surface area contributed by atoms with Gasteiger partial charge in [0.2, 0.25) is 0 Å². The number of anilines is 1. The smallest absolute Gasteiger partial charge is 0.313 e. The molecule has 1 unspecified atom stereocenters. The van der Waals surface area contributed by atoms with E-state index < -0.39 is 17.9 Å². The molecule has 0 saturated heterocycles. The van der Waals surface area contributed by atoms with Crippen molar-refractivity contribution in [3.8, 4) is 0 Å². The van der Waals surface area contributed by atoms with Crippen LogP contribution in [0.4, 0.5) is 5.69 Å². The van der Waals surface area contributed by atoms with Crippen LogP contribution in [0.2, 0.25) is 0 Å². The first-order valence-corrected chi connectivity index (χ1v) is 5.28. The lowest BCUT2D eigenvalue weighted by molar-refractivity contribution is -0.149. The second-order valence-corrected chi connectivity index (χ2v) is 3.57. The summed E-state index contributed by atoms with van der Waals surface area (Å²) in [5, 5.41) is 8.78. The highest BCUT2D eigenvalue weighted by atomic mass is 16.5. The first kappa shape index (κ1) is 13.0. The first-order valence-electron chi connectivity index (χ1n) is 5.28. The van der Waals surface area contributed by atoms with E-state index in [1.54, 1.807) is 31.2 Å². The van der Waals surface area contributed by atoms with Gasteiger partial charge in [0.05, 0.1) is 18.9 Å². The number of nitrogen functional groups attached to an aromatic ring is 1. The fraction of sp³-hybridized carbons (Fsp3) is 0.333. The molecule has 5 heteroatoms. The number of carboxylic acids is 1. The second kappa shape index (κ2) is 5.89. The molecule has 0 heterocycles. The molecule has 0 aromatic heterocycles. The van der Waals surface area contributed by atoms with Crippen LogP contribution in [0.15, 0.2) is 24.3 Å². The van der Waals surface area contributed by atoms with Crippen molar-refractivity contribution in [2.24, 2.45) is 0 Å². The number of carbonyl (C=O) groups excluding carboxylic acids is 1. The summed E-state index contributed by atoms with van der Waals surface area (Å²) in [4.78, 5) is 22.4. The number of benzene rings is 1.